The first-order chi connectivity index (χ1) is 46.7. The molecule has 0 aromatic rings. The van der Waals surface area contributed by atoms with E-state index < -0.39 is 73.0 Å². The van der Waals surface area contributed by atoms with Gasteiger partial charge in [0.1, 0.15) is 47.7 Å². The van der Waals surface area contributed by atoms with Gasteiger partial charge in [-0.3, -0.25) is 43.2 Å². The van der Waals surface area contributed by atoms with Crippen molar-refractivity contribution in [1.29, 1.82) is 0 Å². The summed E-state index contributed by atoms with van der Waals surface area (Å²) >= 11 is 0. The second kappa shape index (κ2) is 44.4. The number of fused-ring (bicyclic) bond motifs is 2. The van der Waals surface area contributed by atoms with Crippen LogP contribution in [0.15, 0.2) is 9.98 Å². The van der Waals surface area contributed by atoms with E-state index in [4.69, 9.17) is 71.4 Å². The number of ether oxygens (including phenoxy) is 14. The number of hydrogen-bond acceptors (Lipinski definition) is 26. The number of rotatable bonds is 25. The summed E-state index contributed by atoms with van der Waals surface area (Å²) in [6.45, 7) is 40.9. The summed E-state index contributed by atoms with van der Waals surface area (Å²) in [7, 11) is 0. The molecule has 6 heterocycles. The van der Waals surface area contributed by atoms with Crippen LogP contribution in [0.4, 0.5) is 0 Å². The van der Waals surface area contributed by atoms with Gasteiger partial charge in [-0.1, -0.05) is 81.1 Å². The van der Waals surface area contributed by atoms with Crippen molar-refractivity contribution in [2.45, 2.75) is 358 Å². The van der Waals surface area contributed by atoms with Crippen LogP contribution in [-0.4, -0.2) is 193 Å². The average molecular weight is 1430 g/mol. The molecule has 0 saturated carbocycles. The summed E-state index contributed by atoms with van der Waals surface area (Å²) < 4.78 is 77.7. The number of aliphatic hydroxyl groups excluding tert-OH is 1. The molecule has 28 nitrogen and oxygen atoms in total. The lowest BCUT2D eigenvalue weighted by atomic mass is 9.87. The van der Waals surface area contributed by atoms with Crippen molar-refractivity contribution < 1.29 is 115 Å². The fourth-order valence-corrected chi connectivity index (χ4v) is 12.5. The van der Waals surface area contributed by atoms with E-state index in [1.807, 2.05) is 83.1 Å². The van der Waals surface area contributed by atoms with Crippen LogP contribution in [0.3, 0.4) is 0 Å². The molecule has 576 valence electrons. The molecule has 0 unspecified atom stereocenters. The number of hydrogen-bond donors (Lipinski definition) is 3. The first kappa shape index (κ1) is 90.0. The molecule has 0 spiro atoms. The number of nitrogens with one attached hydrogen (secondary N) is 2. The minimum Gasteiger partial charge on any atom is -0.460 e. The van der Waals surface area contributed by atoms with Gasteiger partial charge in [0.25, 0.3) is 0 Å². The molecule has 4 fully saturated rings. The van der Waals surface area contributed by atoms with Gasteiger partial charge in [-0.15, -0.1) is 0 Å². The zero-order chi connectivity index (χ0) is 75.9. The Kier molecular flexibility index (Phi) is 40.0. The predicted molar refractivity (Wildman–Crippen MR) is 369 cm³/mol. The van der Waals surface area contributed by atoms with Crippen molar-refractivity contribution in [2.24, 2.45) is 33.7 Å². The van der Waals surface area contributed by atoms with E-state index in [-0.39, 0.29) is 120 Å². The molecule has 6 aliphatic rings. The van der Waals surface area contributed by atoms with Crippen molar-refractivity contribution in [2.75, 3.05) is 13.2 Å². The van der Waals surface area contributed by atoms with Crippen LogP contribution in [0, 0.1) is 23.7 Å². The number of carbonyl (C=O) groups is 9. The van der Waals surface area contributed by atoms with Crippen LogP contribution in [-0.2, 0) is 109 Å². The molecule has 6 rings (SSSR count). The molecule has 0 bridgehead atoms. The maximum Gasteiger partial charge on any atom is 0.306 e. The quantitative estimate of drug-likeness (QED) is 0.0435. The Labute approximate surface area is 593 Å². The molecule has 2 amide bonds. The number of nitrogens with zero attached hydrogens (tertiary/aromatic N) is 2. The summed E-state index contributed by atoms with van der Waals surface area (Å²) in [5.74, 6) is -1.54. The van der Waals surface area contributed by atoms with Crippen molar-refractivity contribution in [3.8, 4) is 0 Å². The monoisotopic (exact) mass is 1430 g/mol. The van der Waals surface area contributed by atoms with Crippen LogP contribution >= 0.6 is 0 Å². The molecule has 4 saturated heterocycles. The minimum absolute atomic E-state index is 0.0432. The molecular formula is C72H124N4O24. The van der Waals surface area contributed by atoms with Crippen LogP contribution in [0.25, 0.3) is 0 Å². The molecule has 3 N–H and O–H groups in total. The normalized spacial score (nSPS) is 30.2. The standard InChI is InChI=1S/C23H41NO7.C14H23NO6.2C12H19NO4.C11H22O3/c1-8-18-15(2)21(29-17(4)26)20(24-16(3)25)22(30-18)28-14-12-10-9-11-13-19(27)31-23(5,6)7;1-6-11-7(2)13(19-9(4)17)12(15-8(3)16)14(21-11)20-10(5)18;2*1-5-9-6(2)11(16-8(4)14)10-12(17-9)15-7(3)13-10;1-11(2,3)14-10(13)8-6-4-5-7-9-12/h15,18,20-22H,8-14H2,1-7H3,(H,24,25);7,11-14H,6H2,1-5H3,(H,15,16);2*6,9-12H,5H2,1-4H3;12H,4-9H2,1-3H3/t15-,18+,20+,21-,22+;7-,11+,12+,13-,14+;2*6-,9+,10+,11-,12-;/m0000./s1. The smallest absolute Gasteiger partial charge is 0.306 e. The fourth-order valence-electron chi connectivity index (χ4n) is 12.5. The highest BCUT2D eigenvalue weighted by Crippen LogP contribution is 2.38. The van der Waals surface area contributed by atoms with E-state index in [0.29, 0.717) is 37.7 Å². The lowest BCUT2D eigenvalue weighted by molar-refractivity contribution is -0.253. The van der Waals surface area contributed by atoms with Gasteiger partial charge >= 0.3 is 41.8 Å². The van der Waals surface area contributed by atoms with Crippen molar-refractivity contribution in [3.05, 3.63) is 0 Å². The number of esters is 7. The Morgan fingerprint density at radius 2 is 0.740 bits per heavy atom. The minimum atomic E-state index is -0.975. The van der Waals surface area contributed by atoms with E-state index in [1.165, 1.54) is 48.5 Å². The van der Waals surface area contributed by atoms with Gasteiger partial charge in [-0.25, -0.2) is 9.98 Å². The highest BCUT2D eigenvalue weighted by Gasteiger charge is 2.52. The van der Waals surface area contributed by atoms with Crippen LogP contribution < -0.4 is 10.6 Å². The summed E-state index contributed by atoms with van der Waals surface area (Å²) in [4.78, 5) is 111. The molecule has 0 radical (unpaired) electrons. The molecule has 20 atom stereocenters. The van der Waals surface area contributed by atoms with Crippen LogP contribution in [0.2, 0.25) is 0 Å². The van der Waals surface area contributed by atoms with Crippen molar-refractivity contribution >= 4 is 65.4 Å². The SMILES string of the molecule is CC(C)(C)OC(=O)CCCCCCO.CC[C@H]1O[C@@H](OC(C)=O)[C@H](NC(C)=O)[C@@H](OC(C)=O)[C@H]1C.CC[C@H]1O[C@@H](OCCCCCCC(=O)OC(C)(C)C)[C@H](NC(C)=O)[C@@H](OC(C)=O)[C@H]1C.CC[C@H]1O[C@@H]2OC(C)=N[C@@H]2[C@@H](OC(C)=O)[C@H]1C.CC[C@H]1O[C@@H]2OC(C)=N[C@@H]2[C@@H](OC(C)=O)[C@H]1C. The van der Waals surface area contributed by atoms with Gasteiger partial charge < -0.3 is 82.1 Å². The van der Waals surface area contributed by atoms with E-state index in [9.17, 15) is 43.2 Å². The number of aliphatic imine (C=N–C) groups is 2. The molecule has 0 aromatic carbocycles. The van der Waals surface area contributed by atoms with Gasteiger partial charge in [0.05, 0.1) is 24.4 Å². The van der Waals surface area contributed by atoms with Gasteiger partial charge in [0.15, 0.2) is 30.2 Å². The highest BCUT2D eigenvalue weighted by molar-refractivity contribution is 5.77. The van der Waals surface area contributed by atoms with E-state index in [0.717, 1.165) is 70.6 Å². The molecular weight excluding hydrogens is 1300 g/mol. The van der Waals surface area contributed by atoms with Crippen LogP contribution in [0.5, 0.6) is 0 Å². The molecule has 0 aromatic heterocycles. The lowest BCUT2D eigenvalue weighted by Crippen LogP contribution is -2.62. The largest absolute Gasteiger partial charge is 0.460 e. The van der Waals surface area contributed by atoms with E-state index >= 15 is 0 Å². The van der Waals surface area contributed by atoms with Crippen LogP contribution in [0.1, 0.15) is 249 Å². The summed E-state index contributed by atoms with van der Waals surface area (Å²) in [6.07, 6.45) is 6.69. The van der Waals surface area contributed by atoms with E-state index in [2.05, 4.69) is 34.5 Å². The zero-order valence-electron chi connectivity index (χ0n) is 64.1. The first-order valence-corrected chi connectivity index (χ1v) is 35.8. The fraction of sp³-hybridized carbons (Fsp3) is 0.847. The maximum atomic E-state index is 11.7. The van der Waals surface area contributed by atoms with Crippen molar-refractivity contribution in [1.82, 2.24) is 10.6 Å². The summed E-state index contributed by atoms with van der Waals surface area (Å²) in [5.41, 5.74) is -0.824. The molecule has 0 aliphatic carbocycles. The Bertz CT molecular complexity index is 2560. The highest BCUT2D eigenvalue weighted by atomic mass is 16.7. The number of aliphatic hydroxyl groups is 1. The molecule has 28 heteroatoms. The van der Waals surface area contributed by atoms with Gasteiger partial charge in [0.2, 0.25) is 30.7 Å². The Morgan fingerprint density at radius 1 is 0.430 bits per heavy atom. The number of carbonyl (C=O) groups excluding carboxylic acids is 9. The Balaban J connectivity index is 0.000000438. The second-order valence-corrected chi connectivity index (χ2v) is 28.2. The second-order valence-electron chi connectivity index (χ2n) is 28.2. The number of amides is 2. The van der Waals surface area contributed by atoms with Gasteiger partial charge in [-0.2, -0.15) is 0 Å². The van der Waals surface area contributed by atoms with Crippen molar-refractivity contribution in [3.63, 3.8) is 0 Å². The molecule has 100 heavy (non-hydrogen) atoms. The first-order valence-electron chi connectivity index (χ1n) is 35.8. The zero-order valence-corrected chi connectivity index (χ0v) is 64.1. The third-order valence-electron chi connectivity index (χ3n) is 16.9. The summed E-state index contributed by atoms with van der Waals surface area (Å²) in [6, 6.07) is -1.74. The summed E-state index contributed by atoms with van der Waals surface area (Å²) in [5, 5.41) is 14.0. The maximum absolute atomic E-state index is 11.7. The van der Waals surface area contributed by atoms with Gasteiger partial charge in [0, 0.05) is 112 Å². The number of unbranched alkanes of at least 4 members (excludes halogenated alkanes) is 6. The lowest BCUT2D eigenvalue weighted by Gasteiger charge is -2.44. The molecule has 6 aliphatic heterocycles. The third kappa shape index (κ3) is 32.5. The topological polar surface area (TPSA) is 352 Å². The predicted octanol–water partition coefficient (Wildman–Crippen LogP) is 9.54. The van der Waals surface area contributed by atoms with Gasteiger partial charge in [-0.05, 0) is 92.9 Å². The third-order valence-corrected chi connectivity index (χ3v) is 16.9. The Hall–Kier alpha value is -6.07. The van der Waals surface area contributed by atoms with E-state index in [1.54, 1.807) is 13.8 Å². The Morgan fingerprint density at radius 3 is 1.07 bits per heavy atom. The average Bonchev–Trinajstić information content (AvgIpc) is 1.50.